The van der Waals surface area contributed by atoms with Crippen LogP contribution in [0.1, 0.15) is 19.4 Å². The Kier molecular flexibility index (Phi) is 5.98. The zero-order chi connectivity index (χ0) is 15.3. The van der Waals surface area contributed by atoms with Crippen molar-refractivity contribution in [3.63, 3.8) is 0 Å². The summed E-state index contributed by atoms with van der Waals surface area (Å²) in [5.41, 5.74) is 0.907. The van der Waals surface area contributed by atoms with Gasteiger partial charge < -0.3 is 10.1 Å². The molecule has 1 aromatic rings. The topological polar surface area (TPSA) is 58.6 Å². The summed E-state index contributed by atoms with van der Waals surface area (Å²) >= 11 is 0. The Morgan fingerprint density at radius 2 is 2.00 bits per heavy atom. The van der Waals surface area contributed by atoms with Gasteiger partial charge in [0.05, 0.1) is 7.11 Å². The Labute approximate surface area is 122 Å². The normalized spacial score (nSPS) is 12.2. The first-order valence-electron chi connectivity index (χ1n) is 6.60. The predicted octanol–water partition coefficient (Wildman–Crippen LogP) is 1.69. The lowest BCUT2D eigenvalue weighted by atomic mass is 10.2. The van der Waals surface area contributed by atoms with Crippen LogP contribution in [0.4, 0.5) is 0 Å². The van der Waals surface area contributed by atoms with Gasteiger partial charge in [0.15, 0.2) is 0 Å². The molecule has 6 heteroatoms. The zero-order valence-electron chi connectivity index (χ0n) is 12.8. The first-order valence-corrected chi connectivity index (χ1v) is 8.04. The van der Waals surface area contributed by atoms with Crippen LogP contribution in [0, 0.1) is 5.92 Å². The van der Waals surface area contributed by atoms with Crippen molar-refractivity contribution in [3.8, 4) is 5.75 Å². The minimum Gasteiger partial charge on any atom is -0.495 e. The second-order valence-electron chi connectivity index (χ2n) is 5.19. The Bertz CT molecular complexity index is 541. The van der Waals surface area contributed by atoms with Crippen LogP contribution >= 0.6 is 0 Å². The van der Waals surface area contributed by atoms with Gasteiger partial charge in [-0.2, -0.15) is 0 Å². The summed E-state index contributed by atoms with van der Waals surface area (Å²) < 4.78 is 31.8. The standard InChI is InChI=1S/C14H24N2O3S/c1-11(2)10-16(4)20(17,18)14-8-12(9-15-3)6-7-13(14)19-5/h6-8,11,15H,9-10H2,1-5H3. The molecule has 0 aliphatic heterocycles. The van der Waals surface area contributed by atoms with Crippen LogP contribution < -0.4 is 10.1 Å². The first-order chi connectivity index (χ1) is 9.32. The van der Waals surface area contributed by atoms with Gasteiger partial charge >= 0.3 is 0 Å². The Morgan fingerprint density at radius 3 is 2.50 bits per heavy atom. The summed E-state index contributed by atoms with van der Waals surface area (Å²) in [6.45, 7) is 5.06. The molecule has 0 saturated carbocycles. The highest BCUT2D eigenvalue weighted by atomic mass is 32.2. The van der Waals surface area contributed by atoms with Gasteiger partial charge in [0.2, 0.25) is 10.0 Å². The van der Waals surface area contributed by atoms with Crippen LogP contribution in [-0.2, 0) is 16.6 Å². The van der Waals surface area contributed by atoms with Crippen molar-refractivity contribution in [2.45, 2.75) is 25.3 Å². The van der Waals surface area contributed by atoms with E-state index in [-0.39, 0.29) is 10.8 Å². The van der Waals surface area contributed by atoms with E-state index in [0.29, 0.717) is 18.8 Å². The van der Waals surface area contributed by atoms with E-state index in [1.54, 1.807) is 19.2 Å². The third-order valence-electron chi connectivity index (χ3n) is 2.92. The van der Waals surface area contributed by atoms with Gasteiger partial charge in [-0.3, -0.25) is 0 Å². The van der Waals surface area contributed by atoms with Crippen molar-refractivity contribution >= 4 is 10.0 Å². The van der Waals surface area contributed by atoms with Crippen molar-refractivity contribution < 1.29 is 13.2 Å². The molecule has 0 heterocycles. The van der Waals surface area contributed by atoms with E-state index in [1.807, 2.05) is 27.0 Å². The predicted molar refractivity (Wildman–Crippen MR) is 80.4 cm³/mol. The van der Waals surface area contributed by atoms with Gasteiger partial charge in [-0.05, 0) is 30.7 Å². The van der Waals surface area contributed by atoms with Crippen molar-refractivity contribution in [3.05, 3.63) is 23.8 Å². The molecule has 0 fully saturated rings. The van der Waals surface area contributed by atoms with Gasteiger partial charge in [0.1, 0.15) is 10.6 Å². The van der Waals surface area contributed by atoms with E-state index in [1.165, 1.54) is 11.4 Å². The lowest BCUT2D eigenvalue weighted by molar-refractivity contribution is 0.390. The van der Waals surface area contributed by atoms with Crippen molar-refractivity contribution in [1.82, 2.24) is 9.62 Å². The average Bonchev–Trinajstić information content (AvgIpc) is 2.38. The molecule has 1 rings (SSSR count). The highest BCUT2D eigenvalue weighted by molar-refractivity contribution is 7.89. The molecular formula is C14H24N2O3S. The molecule has 0 unspecified atom stereocenters. The maximum Gasteiger partial charge on any atom is 0.246 e. The van der Waals surface area contributed by atoms with Crippen LogP contribution in [0.5, 0.6) is 5.75 Å². The highest BCUT2D eigenvalue weighted by Crippen LogP contribution is 2.27. The Morgan fingerprint density at radius 1 is 1.35 bits per heavy atom. The summed E-state index contributed by atoms with van der Waals surface area (Å²) in [7, 11) is 1.36. The van der Waals surface area contributed by atoms with E-state index in [4.69, 9.17) is 4.74 Å². The van der Waals surface area contributed by atoms with Crippen LogP contribution in [0.25, 0.3) is 0 Å². The summed E-state index contributed by atoms with van der Waals surface area (Å²) in [5, 5.41) is 3.01. The van der Waals surface area contributed by atoms with Crippen LogP contribution in [0.15, 0.2) is 23.1 Å². The monoisotopic (exact) mass is 300 g/mol. The maximum atomic E-state index is 12.6. The molecule has 0 atom stereocenters. The molecular weight excluding hydrogens is 276 g/mol. The van der Waals surface area contributed by atoms with Gasteiger partial charge in [0, 0.05) is 20.1 Å². The Hall–Kier alpha value is -1.11. The minimum absolute atomic E-state index is 0.218. The SMILES string of the molecule is CNCc1ccc(OC)c(S(=O)(=O)N(C)CC(C)C)c1. The third kappa shape index (κ3) is 3.94. The second-order valence-corrected chi connectivity index (χ2v) is 7.21. The summed E-state index contributed by atoms with van der Waals surface area (Å²) in [6, 6.07) is 5.22. The molecule has 0 aromatic heterocycles. The number of nitrogens with one attached hydrogen (secondary N) is 1. The van der Waals surface area contributed by atoms with Crippen LogP contribution in [0.2, 0.25) is 0 Å². The second kappa shape index (κ2) is 7.06. The summed E-state index contributed by atoms with van der Waals surface area (Å²) in [6.07, 6.45) is 0. The van der Waals surface area contributed by atoms with Crippen molar-refractivity contribution in [2.75, 3.05) is 27.7 Å². The number of nitrogens with zero attached hydrogens (tertiary/aromatic N) is 1. The number of hydrogen-bond donors (Lipinski definition) is 1. The molecule has 1 aromatic carbocycles. The molecule has 0 radical (unpaired) electrons. The number of sulfonamides is 1. The van der Waals surface area contributed by atoms with Gasteiger partial charge in [-0.25, -0.2) is 12.7 Å². The van der Waals surface area contributed by atoms with Crippen LogP contribution in [0.3, 0.4) is 0 Å². The van der Waals surface area contributed by atoms with E-state index in [9.17, 15) is 8.42 Å². The minimum atomic E-state index is -3.54. The van der Waals surface area contributed by atoms with E-state index >= 15 is 0 Å². The maximum absolute atomic E-state index is 12.6. The highest BCUT2D eigenvalue weighted by Gasteiger charge is 2.25. The largest absolute Gasteiger partial charge is 0.495 e. The zero-order valence-corrected chi connectivity index (χ0v) is 13.6. The number of benzene rings is 1. The quantitative estimate of drug-likeness (QED) is 0.832. The molecule has 0 spiro atoms. The molecule has 1 N–H and O–H groups in total. The molecule has 20 heavy (non-hydrogen) atoms. The molecule has 0 aliphatic carbocycles. The molecule has 114 valence electrons. The molecule has 5 nitrogen and oxygen atoms in total. The van der Waals surface area contributed by atoms with Gasteiger partial charge in [-0.1, -0.05) is 19.9 Å². The van der Waals surface area contributed by atoms with Crippen molar-refractivity contribution in [1.29, 1.82) is 0 Å². The van der Waals surface area contributed by atoms with Gasteiger partial charge in [0.25, 0.3) is 0 Å². The lowest BCUT2D eigenvalue weighted by Crippen LogP contribution is -2.30. The molecule has 0 saturated heterocycles. The summed E-state index contributed by atoms with van der Waals surface area (Å²) in [5.74, 6) is 0.640. The first kappa shape index (κ1) is 16.9. The summed E-state index contributed by atoms with van der Waals surface area (Å²) in [4.78, 5) is 0.218. The Balaban J connectivity index is 3.24. The van der Waals surface area contributed by atoms with E-state index in [2.05, 4.69) is 5.32 Å². The molecule has 0 bridgehead atoms. The van der Waals surface area contributed by atoms with Crippen LogP contribution in [-0.4, -0.2) is 40.5 Å². The number of hydrogen-bond acceptors (Lipinski definition) is 4. The number of rotatable bonds is 7. The van der Waals surface area contributed by atoms with Crippen molar-refractivity contribution in [2.24, 2.45) is 5.92 Å². The third-order valence-corrected chi connectivity index (χ3v) is 4.76. The smallest absolute Gasteiger partial charge is 0.246 e. The average molecular weight is 300 g/mol. The van der Waals surface area contributed by atoms with Gasteiger partial charge in [-0.15, -0.1) is 0 Å². The fourth-order valence-corrected chi connectivity index (χ4v) is 3.55. The van der Waals surface area contributed by atoms with E-state index in [0.717, 1.165) is 5.56 Å². The van der Waals surface area contributed by atoms with E-state index < -0.39 is 10.0 Å². The number of methoxy groups -OCH3 is 1. The number of ether oxygens (including phenoxy) is 1. The fraction of sp³-hybridized carbons (Fsp3) is 0.571. The lowest BCUT2D eigenvalue weighted by Gasteiger charge is -2.21. The molecule has 0 amide bonds. The molecule has 0 aliphatic rings. The fourth-order valence-electron chi connectivity index (χ4n) is 2.02.